The number of carbonyl (C=O) groups excluding carboxylic acids is 1. The molecule has 0 bridgehead atoms. The fourth-order valence-electron chi connectivity index (χ4n) is 1.97. The summed E-state index contributed by atoms with van der Waals surface area (Å²) < 4.78 is 23.5. The van der Waals surface area contributed by atoms with E-state index in [0.717, 1.165) is 5.56 Å². The van der Waals surface area contributed by atoms with Crippen LogP contribution < -0.4 is 14.8 Å². The zero-order chi connectivity index (χ0) is 18.1. The number of hydrogen-bond acceptors (Lipinski definition) is 5. The van der Waals surface area contributed by atoms with Gasteiger partial charge in [-0.1, -0.05) is 5.16 Å². The molecular weight excluding hydrogens is 327 g/mol. The largest absolute Gasteiger partial charge is 0.493 e. The van der Waals surface area contributed by atoms with E-state index in [1.807, 2.05) is 6.92 Å². The fourth-order valence-corrected chi connectivity index (χ4v) is 1.97. The Hall–Kier alpha value is -3.09. The molecule has 0 aliphatic heterocycles. The minimum atomic E-state index is -0.395. The van der Waals surface area contributed by atoms with Gasteiger partial charge in [0, 0.05) is 11.3 Å². The molecule has 6 nitrogen and oxygen atoms in total. The van der Waals surface area contributed by atoms with E-state index in [4.69, 9.17) is 14.3 Å². The summed E-state index contributed by atoms with van der Waals surface area (Å²) in [6.45, 7) is 2.13. The van der Waals surface area contributed by atoms with Crippen LogP contribution in [-0.4, -0.2) is 32.4 Å². The first-order chi connectivity index (χ1) is 12.1. The lowest BCUT2D eigenvalue weighted by molar-refractivity contribution is -0.120. The molecule has 0 fully saturated rings. The third-order valence-electron chi connectivity index (χ3n) is 3.09. The number of carbonyl (C=O) groups is 1. The van der Waals surface area contributed by atoms with Gasteiger partial charge in [0.1, 0.15) is 5.82 Å². The molecule has 25 heavy (non-hydrogen) atoms. The lowest BCUT2D eigenvalue weighted by atomic mass is 10.2. The first-order valence-electron chi connectivity index (χ1n) is 7.64. The summed E-state index contributed by atoms with van der Waals surface area (Å²) in [5.41, 5.74) is 1.22. The minimum Gasteiger partial charge on any atom is -0.493 e. The topological polar surface area (TPSA) is 69.2 Å². The van der Waals surface area contributed by atoms with Crippen molar-refractivity contribution in [1.82, 2.24) is 0 Å². The highest BCUT2D eigenvalue weighted by molar-refractivity contribution is 5.91. The fraction of sp³-hybridized carbons (Fsp3) is 0.222. The number of benzene rings is 2. The van der Waals surface area contributed by atoms with Gasteiger partial charge in [-0.15, -0.1) is 0 Å². The molecule has 0 heterocycles. The third-order valence-corrected chi connectivity index (χ3v) is 3.09. The number of anilines is 1. The molecule has 0 radical (unpaired) electrons. The second kappa shape index (κ2) is 9.27. The van der Waals surface area contributed by atoms with E-state index < -0.39 is 5.91 Å². The molecule has 0 aliphatic rings. The summed E-state index contributed by atoms with van der Waals surface area (Å²) >= 11 is 0. The van der Waals surface area contributed by atoms with E-state index in [-0.39, 0.29) is 12.4 Å². The quantitative estimate of drug-likeness (QED) is 0.589. The van der Waals surface area contributed by atoms with Crippen LogP contribution in [-0.2, 0) is 9.63 Å². The van der Waals surface area contributed by atoms with Gasteiger partial charge in [-0.2, -0.15) is 0 Å². The van der Waals surface area contributed by atoms with Crippen LogP contribution in [0, 0.1) is 5.82 Å². The highest BCUT2D eigenvalue weighted by Gasteiger charge is 2.05. The van der Waals surface area contributed by atoms with Gasteiger partial charge in [0.25, 0.3) is 5.91 Å². The summed E-state index contributed by atoms with van der Waals surface area (Å²) in [6.07, 6.45) is 1.47. The molecule has 2 rings (SSSR count). The number of hydrogen-bond donors (Lipinski definition) is 1. The minimum absolute atomic E-state index is 0.262. The van der Waals surface area contributed by atoms with Crippen molar-refractivity contribution in [3.8, 4) is 11.5 Å². The van der Waals surface area contributed by atoms with Gasteiger partial charge in [-0.25, -0.2) is 4.39 Å². The molecule has 2 aromatic carbocycles. The van der Waals surface area contributed by atoms with Crippen LogP contribution in [0.3, 0.4) is 0 Å². The summed E-state index contributed by atoms with van der Waals surface area (Å²) in [7, 11) is 1.56. The van der Waals surface area contributed by atoms with Crippen molar-refractivity contribution < 1.29 is 23.5 Å². The van der Waals surface area contributed by atoms with Gasteiger partial charge >= 0.3 is 0 Å². The molecule has 1 N–H and O–H groups in total. The summed E-state index contributed by atoms with van der Waals surface area (Å²) in [6, 6.07) is 10.7. The van der Waals surface area contributed by atoms with E-state index in [1.165, 1.54) is 30.5 Å². The number of nitrogens with one attached hydrogen (secondary N) is 1. The molecule has 0 saturated carbocycles. The Bertz CT molecular complexity index is 732. The average Bonchev–Trinajstić information content (AvgIpc) is 2.61. The van der Waals surface area contributed by atoms with Gasteiger partial charge in [-0.3, -0.25) is 4.79 Å². The van der Waals surface area contributed by atoms with Crippen LogP contribution in [0.2, 0.25) is 0 Å². The van der Waals surface area contributed by atoms with Gasteiger partial charge in [0.15, 0.2) is 18.1 Å². The van der Waals surface area contributed by atoms with Gasteiger partial charge in [0.2, 0.25) is 0 Å². The number of methoxy groups -OCH3 is 1. The molecule has 0 unspecified atom stereocenters. The van der Waals surface area contributed by atoms with E-state index >= 15 is 0 Å². The van der Waals surface area contributed by atoms with Crippen LogP contribution in [0.5, 0.6) is 11.5 Å². The lowest BCUT2D eigenvalue weighted by Gasteiger charge is -2.09. The van der Waals surface area contributed by atoms with Crippen LogP contribution in [0.1, 0.15) is 12.5 Å². The molecule has 132 valence electrons. The highest BCUT2D eigenvalue weighted by Crippen LogP contribution is 2.27. The first kappa shape index (κ1) is 18.3. The Morgan fingerprint density at radius 2 is 1.96 bits per heavy atom. The predicted molar refractivity (Wildman–Crippen MR) is 92.7 cm³/mol. The van der Waals surface area contributed by atoms with E-state index in [0.29, 0.717) is 23.8 Å². The number of halogens is 1. The molecule has 0 aliphatic carbocycles. The molecule has 0 aromatic heterocycles. The molecule has 0 saturated heterocycles. The Kier molecular flexibility index (Phi) is 6.76. The Balaban J connectivity index is 1.85. The van der Waals surface area contributed by atoms with Crippen molar-refractivity contribution in [2.24, 2.45) is 5.16 Å². The van der Waals surface area contributed by atoms with Gasteiger partial charge < -0.3 is 19.6 Å². The number of rotatable bonds is 8. The molecular formula is C18H19FN2O4. The Labute approximate surface area is 145 Å². The maximum atomic E-state index is 12.8. The summed E-state index contributed by atoms with van der Waals surface area (Å²) in [5.74, 6) is 0.458. The Morgan fingerprint density at radius 1 is 1.20 bits per heavy atom. The van der Waals surface area contributed by atoms with Crippen molar-refractivity contribution in [2.45, 2.75) is 6.92 Å². The van der Waals surface area contributed by atoms with E-state index in [9.17, 15) is 9.18 Å². The number of nitrogens with zero attached hydrogens (tertiary/aromatic N) is 1. The van der Waals surface area contributed by atoms with Crippen LogP contribution in [0.4, 0.5) is 10.1 Å². The predicted octanol–water partition coefficient (Wildman–Crippen LogP) is 3.22. The van der Waals surface area contributed by atoms with Crippen molar-refractivity contribution in [3.05, 3.63) is 53.8 Å². The summed E-state index contributed by atoms with van der Waals surface area (Å²) in [4.78, 5) is 16.7. The number of ether oxygens (including phenoxy) is 2. The third kappa shape index (κ3) is 5.80. The van der Waals surface area contributed by atoms with E-state index in [2.05, 4.69) is 10.5 Å². The maximum Gasteiger partial charge on any atom is 0.265 e. The number of oxime groups is 1. The second-order valence-electron chi connectivity index (χ2n) is 4.91. The number of amides is 1. The van der Waals surface area contributed by atoms with Gasteiger partial charge in [-0.05, 0) is 49.4 Å². The van der Waals surface area contributed by atoms with Crippen molar-refractivity contribution in [3.63, 3.8) is 0 Å². The summed E-state index contributed by atoms with van der Waals surface area (Å²) in [5, 5.41) is 6.32. The molecule has 2 aromatic rings. The second-order valence-corrected chi connectivity index (χ2v) is 4.91. The smallest absolute Gasteiger partial charge is 0.265 e. The normalized spacial score (nSPS) is 10.5. The monoisotopic (exact) mass is 346 g/mol. The van der Waals surface area contributed by atoms with Gasteiger partial charge in [0.05, 0.1) is 19.9 Å². The lowest BCUT2D eigenvalue weighted by Crippen LogP contribution is -2.16. The molecule has 7 heteroatoms. The first-order valence-corrected chi connectivity index (χ1v) is 7.64. The Morgan fingerprint density at radius 3 is 2.64 bits per heavy atom. The zero-order valence-corrected chi connectivity index (χ0v) is 14.0. The molecule has 1 amide bonds. The molecule has 0 spiro atoms. The van der Waals surface area contributed by atoms with Crippen molar-refractivity contribution in [1.29, 1.82) is 0 Å². The molecule has 0 atom stereocenters. The van der Waals surface area contributed by atoms with Crippen molar-refractivity contribution >= 4 is 17.8 Å². The van der Waals surface area contributed by atoms with Crippen LogP contribution in [0.25, 0.3) is 0 Å². The maximum absolute atomic E-state index is 12.8. The average molecular weight is 346 g/mol. The van der Waals surface area contributed by atoms with Crippen LogP contribution in [0.15, 0.2) is 47.6 Å². The zero-order valence-electron chi connectivity index (χ0n) is 14.0. The van der Waals surface area contributed by atoms with Crippen molar-refractivity contribution in [2.75, 3.05) is 25.6 Å². The van der Waals surface area contributed by atoms with Crippen LogP contribution >= 0.6 is 0 Å². The standard InChI is InChI=1S/C18H19FN2O4/c1-3-24-17-10-13(4-9-16(17)23-2)11-20-25-12-18(22)21-15-7-5-14(19)6-8-15/h4-11H,3,12H2,1-2H3,(H,21,22)/b20-11+. The SMILES string of the molecule is CCOc1cc(/C=N/OCC(=O)Nc2ccc(F)cc2)ccc1OC. The van der Waals surface area contributed by atoms with E-state index in [1.54, 1.807) is 25.3 Å². The highest BCUT2D eigenvalue weighted by atomic mass is 19.1.